The Balaban J connectivity index is 0.00000481. The van der Waals surface area contributed by atoms with Gasteiger partial charge in [0.15, 0.2) is 5.96 Å². The number of aliphatic hydroxyl groups excluding tert-OH is 1. The van der Waals surface area contributed by atoms with Crippen molar-refractivity contribution in [2.24, 2.45) is 16.5 Å². The fourth-order valence-electron chi connectivity index (χ4n) is 4.01. The molecule has 0 bridgehead atoms. The summed E-state index contributed by atoms with van der Waals surface area (Å²) < 4.78 is 0. The third-order valence-electron chi connectivity index (χ3n) is 5.81. The Morgan fingerprint density at radius 3 is 1.70 bits per heavy atom. The van der Waals surface area contributed by atoms with Crippen LogP contribution < -0.4 is 22.1 Å². The molecule has 0 fully saturated rings. The maximum Gasteiger partial charge on any atom is 0.243 e. The van der Waals surface area contributed by atoms with Crippen LogP contribution in [0.15, 0.2) is 96.0 Å². The van der Waals surface area contributed by atoms with Crippen molar-refractivity contribution in [3.8, 4) is 0 Å². The zero-order valence-corrected chi connectivity index (χ0v) is 21.3. The number of nitrogens with zero attached hydrogens (tertiary/aromatic N) is 1. The second-order valence-corrected chi connectivity index (χ2v) is 8.42. The normalized spacial score (nSPS) is 12.1. The van der Waals surface area contributed by atoms with E-state index in [0.29, 0.717) is 19.4 Å². The van der Waals surface area contributed by atoms with E-state index in [1.54, 1.807) is 0 Å². The van der Waals surface area contributed by atoms with Crippen molar-refractivity contribution in [3.05, 3.63) is 108 Å². The number of hydrogen-bond donors (Lipinski definition) is 5. The summed E-state index contributed by atoms with van der Waals surface area (Å²) in [5.74, 6) is -1.31. The SMILES string of the molecule is Cl.NC(N)=NCCC[C@@H](NC(=O)C(c1ccccc1)c1ccccc1)C(=O)N[C@@H](CO)c1ccccc1. The second kappa shape index (κ2) is 15.3. The van der Waals surface area contributed by atoms with Gasteiger partial charge in [0.25, 0.3) is 0 Å². The average molecular weight is 524 g/mol. The van der Waals surface area contributed by atoms with Crippen molar-refractivity contribution in [3.63, 3.8) is 0 Å². The summed E-state index contributed by atoms with van der Waals surface area (Å²) in [6.45, 7) is 0.0476. The van der Waals surface area contributed by atoms with Crippen molar-refractivity contribution in [2.45, 2.75) is 30.8 Å². The van der Waals surface area contributed by atoms with E-state index in [2.05, 4.69) is 15.6 Å². The lowest BCUT2D eigenvalue weighted by Gasteiger charge is -2.25. The molecule has 37 heavy (non-hydrogen) atoms. The number of carbonyl (C=O) groups excluding carboxylic acids is 2. The Bertz CT molecular complexity index is 1090. The summed E-state index contributed by atoms with van der Waals surface area (Å²) in [4.78, 5) is 30.9. The van der Waals surface area contributed by atoms with Crippen molar-refractivity contribution in [1.82, 2.24) is 10.6 Å². The van der Waals surface area contributed by atoms with E-state index >= 15 is 0 Å². The lowest BCUT2D eigenvalue weighted by molar-refractivity contribution is -0.130. The van der Waals surface area contributed by atoms with Gasteiger partial charge in [0.2, 0.25) is 11.8 Å². The third-order valence-corrected chi connectivity index (χ3v) is 5.81. The Labute approximate surface area is 223 Å². The summed E-state index contributed by atoms with van der Waals surface area (Å²) in [6.07, 6.45) is 0.796. The largest absolute Gasteiger partial charge is 0.394 e. The van der Waals surface area contributed by atoms with Crippen LogP contribution in [0.3, 0.4) is 0 Å². The van der Waals surface area contributed by atoms with Gasteiger partial charge in [0.1, 0.15) is 6.04 Å². The van der Waals surface area contributed by atoms with E-state index in [1.165, 1.54) is 0 Å². The van der Waals surface area contributed by atoms with E-state index in [-0.39, 0.29) is 30.9 Å². The number of rotatable bonds is 12. The van der Waals surface area contributed by atoms with Gasteiger partial charge < -0.3 is 27.2 Å². The first kappa shape index (κ1) is 29.4. The highest BCUT2D eigenvalue weighted by molar-refractivity contribution is 5.92. The highest BCUT2D eigenvalue weighted by atomic mass is 35.5. The lowest BCUT2D eigenvalue weighted by atomic mass is 9.90. The number of benzene rings is 3. The summed E-state index contributed by atoms with van der Waals surface area (Å²) in [5, 5.41) is 15.7. The minimum absolute atomic E-state index is 0. The zero-order valence-electron chi connectivity index (χ0n) is 20.5. The van der Waals surface area contributed by atoms with E-state index in [9.17, 15) is 14.7 Å². The minimum atomic E-state index is -0.848. The van der Waals surface area contributed by atoms with E-state index in [0.717, 1.165) is 16.7 Å². The number of aliphatic hydroxyl groups is 1. The molecule has 0 aliphatic carbocycles. The first-order chi connectivity index (χ1) is 17.5. The van der Waals surface area contributed by atoms with Crippen LogP contribution in [0, 0.1) is 0 Å². The van der Waals surface area contributed by atoms with Crippen LogP contribution in [0.2, 0.25) is 0 Å². The highest BCUT2D eigenvalue weighted by Gasteiger charge is 2.28. The predicted octanol–water partition coefficient (Wildman–Crippen LogP) is 2.63. The Morgan fingerprint density at radius 2 is 1.24 bits per heavy atom. The number of guanidine groups is 1. The number of hydrogen-bond acceptors (Lipinski definition) is 4. The van der Waals surface area contributed by atoms with Crippen molar-refractivity contribution < 1.29 is 14.7 Å². The Hall–Kier alpha value is -3.88. The quantitative estimate of drug-likeness (QED) is 0.141. The van der Waals surface area contributed by atoms with Gasteiger partial charge in [0, 0.05) is 6.54 Å². The fraction of sp³-hybridized carbons (Fsp3) is 0.250. The van der Waals surface area contributed by atoms with Gasteiger partial charge in [-0.15, -0.1) is 12.4 Å². The van der Waals surface area contributed by atoms with Gasteiger partial charge in [0.05, 0.1) is 18.6 Å². The van der Waals surface area contributed by atoms with Gasteiger partial charge in [-0.3, -0.25) is 14.6 Å². The molecule has 0 aliphatic heterocycles. The number of aliphatic imine (C=N–C) groups is 1. The minimum Gasteiger partial charge on any atom is -0.394 e. The molecule has 2 amide bonds. The molecule has 0 heterocycles. The Kier molecular flexibility index (Phi) is 12.1. The molecule has 0 unspecified atom stereocenters. The molecule has 196 valence electrons. The number of nitrogens with two attached hydrogens (primary N) is 2. The van der Waals surface area contributed by atoms with Crippen LogP contribution >= 0.6 is 12.4 Å². The fourth-order valence-corrected chi connectivity index (χ4v) is 4.01. The molecule has 0 saturated heterocycles. The maximum absolute atomic E-state index is 13.6. The lowest BCUT2D eigenvalue weighted by Crippen LogP contribution is -2.49. The van der Waals surface area contributed by atoms with Crippen molar-refractivity contribution >= 4 is 30.2 Å². The molecule has 3 aromatic carbocycles. The molecular weight excluding hydrogens is 490 g/mol. The molecule has 0 aliphatic rings. The van der Waals surface area contributed by atoms with Gasteiger partial charge >= 0.3 is 0 Å². The number of halogens is 1. The van der Waals surface area contributed by atoms with Crippen LogP contribution in [0.1, 0.15) is 41.5 Å². The van der Waals surface area contributed by atoms with Crippen LogP contribution in [-0.4, -0.2) is 42.1 Å². The first-order valence-corrected chi connectivity index (χ1v) is 11.9. The van der Waals surface area contributed by atoms with Crippen LogP contribution in [0.25, 0.3) is 0 Å². The summed E-state index contributed by atoms with van der Waals surface area (Å²) >= 11 is 0. The summed E-state index contributed by atoms with van der Waals surface area (Å²) in [6, 6.07) is 26.6. The molecule has 0 saturated carbocycles. The first-order valence-electron chi connectivity index (χ1n) is 11.9. The number of carbonyl (C=O) groups is 2. The molecule has 0 aromatic heterocycles. The average Bonchev–Trinajstić information content (AvgIpc) is 2.90. The van der Waals surface area contributed by atoms with E-state index in [4.69, 9.17) is 11.5 Å². The Morgan fingerprint density at radius 1 is 0.757 bits per heavy atom. The van der Waals surface area contributed by atoms with Gasteiger partial charge in [-0.05, 0) is 29.5 Å². The van der Waals surface area contributed by atoms with Crippen LogP contribution in [0.5, 0.6) is 0 Å². The molecule has 2 atom stereocenters. The summed E-state index contributed by atoms with van der Waals surface area (Å²) in [5.41, 5.74) is 13.2. The van der Waals surface area contributed by atoms with Crippen LogP contribution in [-0.2, 0) is 9.59 Å². The standard InChI is InChI=1S/C28H33N5O3.ClH/c29-28(30)31-18-10-17-23(26(35)33-24(19-34)20-11-4-1-5-12-20)32-27(36)25(21-13-6-2-7-14-21)22-15-8-3-9-16-22;/h1-9,11-16,23-25,34H,10,17-19H2,(H,32,36)(H,33,35)(H4,29,30,31);1H/t23-,24+;/m1./s1. The van der Waals surface area contributed by atoms with E-state index < -0.39 is 23.9 Å². The molecular formula is C28H34ClN5O3. The maximum atomic E-state index is 13.6. The molecule has 0 radical (unpaired) electrons. The van der Waals surface area contributed by atoms with Crippen LogP contribution in [0.4, 0.5) is 0 Å². The molecule has 8 nitrogen and oxygen atoms in total. The van der Waals surface area contributed by atoms with Gasteiger partial charge in [-0.25, -0.2) is 0 Å². The zero-order chi connectivity index (χ0) is 25.8. The number of amides is 2. The van der Waals surface area contributed by atoms with Gasteiger partial charge in [-0.1, -0.05) is 91.0 Å². The molecule has 3 rings (SSSR count). The monoisotopic (exact) mass is 523 g/mol. The van der Waals surface area contributed by atoms with Crippen molar-refractivity contribution in [2.75, 3.05) is 13.2 Å². The molecule has 7 N–H and O–H groups in total. The smallest absolute Gasteiger partial charge is 0.243 e. The molecule has 3 aromatic rings. The second-order valence-electron chi connectivity index (χ2n) is 8.42. The number of nitrogens with one attached hydrogen (secondary N) is 2. The van der Waals surface area contributed by atoms with Gasteiger partial charge in [-0.2, -0.15) is 0 Å². The predicted molar refractivity (Wildman–Crippen MR) is 148 cm³/mol. The third kappa shape index (κ3) is 8.93. The van der Waals surface area contributed by atoms with E-state index in [1.807, 2.05) is 91.0 Å². The van der Waals surface area contributed by atoms with Crippen molar-refractivity contribution in [1.29, 1.82) is 0 Å². The molecule has 0 spiro atoms. The topological polar surface area (TPSA) is 143 Å². The highest BCUT2D eigenvalue weighted by Crippen LogP contribution is 2.25. The summed E-state index contributed by atoms with van der Waals surface area (Å²) in [7, 11) is 0. The molecule has 9 heteroatoms.